The molecular weight excluding hydrogens is 274 g/mol. The van der Waals surface area contributed by atoms with Gasteiger partial charge in [0.15, 0.2) is 0 Å². The molecule has 1 aliphatic heterocycles. The van der Waals surface area contributed by atoms with Gasteiger partial charge in [0.05, 0.1) is 16.8 Å². The lowest BCUT2D eigenvalue weighted by molar-refractivity contribution is 0.601. The maximum atomic E-state index is 12.3. The third kappa shape index (κ3) is 2.46. The van der Waals surface area contributed by atoms with Crippen molar-refractivity contribution in [2.75, 3.05) is 16.6 Å². The van der Waals surface area contributed by atoms with Gasteiger partial charge in [0.25, 0.3) is 10.0 Å². The molecule has 0 atom stereocenters. The lowest BCUT2D eigenvalue weighted by Crippen LogP contribution is -2.13. The molecule has 0 radical (unpaired) electrons. The Bertz CT molecular complexity index is 757. The topological polar surface area (TPSA) is 71.1 Å². The highest BCUT2D eigenvalue weighted by Gasteiger charge is 2.18. The number of nitrogens with zero attached hydrogens (tertiary/aromatic N) is 1. The Hall–Kier alpha value is -2.08. The molecule has 20 heavy (non-hydrogen) atoms. The van der Waals surface area contributed by atoms with E-state index < -0.39 is 10.0 Å². The first-order chi connectivity index (χ1) is 9.54. The van der Waals surface area contributed by atoms with E-state index >= 15 is 0 Å². The van der Waals surface area contributed by atoms with Crippen LogP contribution in [-0.4, -0.2) is 19.9 Å². The molecule has 2 heterocycles. The fourth-order valence-electron chi connectivity index (χ4n) is 2.26. The SMILES string of the molecule is Cc1cncc(NS(=O)(=O)c2ccc3c(c2)NCC3)c1. The summed E-state index contributed by atoms with van der Waals surface area (Å²) in [5.74, 6) is 0. The number of aromatic nitrogens is 1. The van der Waals surface area contributed by atoms with E-state index in [1.807, 2.05) is 13.0 Å². The normalized spacial score (nSPS) is 13.7. The molecule has 1 aromatic carbocycles. The summed E-state index contributed by atoms with van der Waals surface area (Å²) in [4.78, 5) is 4.24. The Morgan fingerprint density at radius 3 is 2.90 bits per heavy atom. The van der Waals surface area contributed by atoms with Crippen LogP contribution in [0.1, 0.15) is 11.1 Å². The molecule has 2 aromatic rings. The van der Waals surface area contributed by atoms with Gasteiger partial charge in [-0.05, 0) is 42.7 Å². The number of anilines is 2. The van der Waals surface area contributed by atoms with Gasteiger partial charge < -0.3 is 5.32 Å². The van der Waals surface area contributed by atoms with Crippen molar-refractivity contribution in [3.05, 3.63) is 47.8 Å². The minimum atomic E-state index is -3.58. The summed E-state index contributed by atoms with van der Waals surface area (Å²) in [6, 6.07) is 6.92. The second-order valence-electron chi connectivity index (χ2n) is 4.85. The number of aryl methyl sites for hydroxylation is 1. The van der Waals surface area contributed by atoms with Crippen LogP contribution in [0.3, 0.4) is 0 Å². The minimum Gasteiger partial charge on any atom is -0.384 e. The Balaban J connectivity index is 1.92. The van der Waals surface area contributed by atoms with Crippen LogP contribution in [0, 0.1) is 6.92 Å². The first-order valence-electron chi connectivity index (χ1n) is 6.36. The Labute approximate surface area is 118 Å². The van der Waals surface area contributed by atoms with Crippen LogP contribution in [0.4, 0.5) is 11.4 Å². The number of fused-ring (bicyclic) bond motifs is 1. The molecule has 5 nitrogen and oxygen atoms in total. The van der Waals surface area contributed by atoms with Gasteiger partial charge in [0.1, 0.15) is 0 Å². The first kappa shape index (κ1) is 12.9. The Morgan fingerprint density at radius 2 is 2.10 bits per heavy atom. The molecule has 0 aliphatic carbocycles. The molecule has 0 saturated heterocycles. The summed E-state index contributed by atoms with van der Waals surface area (Å²) >= 11 is 0. The van der Waals surface area contributed by atoms with Crippen molar-refractivity contribution in [1.29, 1.82) is 0 Å². The number of pyridine rings is 1. The highest BCUT2D eigenvalue weighted by atomic mass is 32.2. The first-order valence-corrected chi connectivity index (χ1v) is 7.84. The molecule has 0 saturated carbocycles. The van der Waals surface area contributed by atoms with Gasteiger partial charge in [0, 0.05) is 18.4 Å². The number of hydrogen-bond acceptors (Lipinski definition) is 4. The highest BCUT2D eigenvalue weighted by molar-refractivity contribution is 7.92. The average molecular weight is 289 g/mol. The number of nitrogens with one attached hydrogen (secondary N) is 2. The fraction of sp³-hybridized carbons (Fsp3) is 0.214. The van der Waals surface area contributed by atoms with Gasteiger partial charge in [-0.15, -0.1) is 0 Å². The number of rotatable bonds is 3. The lowest BCUT2D eigenvalue weighted by Gasteiger charge is -2.09. The van der Waals surface area contributed by atoms with Gasteiger partial charge in [0.2, 0.25) is 0 Å². The van der Waals surface area contributed by atoms with Crippen LogP contribution in [0.25, 0.3) is 0 Å². The lowest BCUT2D eigenvalue weighted by atomic mass is 10.2. The van der Waals surface area contributed by atoms with Crippen LogP contribution < -0.4 is 10.0 Å². The van der Waals surface area contributed by atoms with Crippen LogP contribution >= 0.6 is 0 Å². The molecule has 0 fully saturated rings. The summed E-state index contributed by atoms with van der Waals surface area (Å²) in [7, 11) is -3.58. The van der Waals surface area contributed by atoms with Crippen molar-refractivity contribution in [2.24, 2.45) is 0 Å². The monoisotopic (exact) mass is 289 g/mol. The van der Waals surface area contributed by atoms with E-state index in [0.717, 1.165) is 29.8 Å². The molecule has 0 spiro atoms. The summed E-state index contributed by atoms with van der Waals surface area (Å²) in [6.07, 6.45) is 4.11. The molecule has 1 aliphatic rings. The van der Waals surface area contributed by atoms with Crippen LogP contribution in [0.5, 0.6) is 0 Å². The van der Waals surface area contributed by atoms with E-state index in [0.29, 0.717) is 5.69 Å². The molecule has 2 N–H and O–H groups in total. The zero-order chi connectivity index (χ0) is 14.2. The van der Waals surface area contributed by atoms with Gasteiger partial charge >= 0.3 is 0 Å². The zero-order valence-corrected chi connectivity index (χ0v) is 11.9. The summed E-state index contributed by atoms with van der Waals surface area (Å²) < 4.78 is 27.2. The minimum absolute atomic E-state index is 0.257. The van der Waals surface area contributed by atoms with Crippen LogP contribution in [0.15, 0.2) is 41.6 Å². The highest BCUT2D eigenvalue weighted by Crippen LogP contribution is 2.26. The molecule has 0 unspecified atom stereocenters. The number of sulfonamides is 1. The quantitative estimate of drug-likeness (QED) is 0.908. The van der Waals surface area contributed by atoms with E-state index in [-0.39, 0.29) is 4.90 Å². The van der Waals surface area contributed by atoms with Gasteiger partial charge in [-0.25, -0.2) is 8.42 Å². The van der Waals surface area contributed by atoms with Crippen molar-refractivity contribution in [1.82, 2.24) is 4.98 Å². The van der Waals surface area contributed by atoms with Gasteiger partial charge in [-0.1, -0.05) is 6.07 Å². The average Bonchev–Trinajstić information content (AvgIpc) is 2.85. The molecule has 3 rings (SSSR count). The van der Waals surface area contributed by atoms with Crippen LogP contribution in [-0.2, 0) is 16.4 Å². The third-order valence-corrected chi connectivity index (χ3v) is 4.61. The second kappa shape index (κ2) is 4.79. The standard InChI is InChI=1S/C14H15N3O2S/c1-10-6-12(9-15-8-10)17-20(18,19)13-3-2-11-4-5-16-14(11)7-13/h2-3,6-9,16-17H,4-5H2,1H3. The summed E-state index contributed by atoms with van der Waals surface area (Å²) in [6.45, 7) is 2.72. The smallest absolute Gasteiger partial charge is 0.262 e. The molecule has 104 valence electrons. The van der Waals surface area contributed by atoms with E-state index in [1.54, 1.807) is 24.4 Å². The third-order valence-electron chi connectivity index (χ3n) is 3.23. The summed E-state index contributed by atoms with van der Waals surface area (Å²) in [5.41, 5.74) is 3.43. The van der Waals surface area contributed by atoms with E-state index in [1.165, 1.54) is 6.20 Å². The molecule has 0 bridgehead atoms. The van der Waals surface area contributed by atoms with Crippen molar-refractivity contribution in [3.8, 4) is 0 Å². The van der Waals surface area contributed by atoms with Crippen LogP contribution in [0.2, 0.25) is 0 Å². The van der Waals surface area contributed by atoms with Gasteiger partial charge in [-0.3, -0.25) is 9.71 Å². The van der Waals surface area contributed by atoms with Gasteiger partial charge in [-0.2, -0.15) is 0 Å². The van der Waals surface area contributed by atoms with Crippen molar-refractivity contribution in [2.45, 2.75) is 18.2 Å². The number of hydrogen-bond donors (Lipinski definition) is 2. The maximum Gasteiger partial charge on any atom is 0.262 e. The Kier molecular flexibility index (Phi) is 3.10. The predicted octanol–water partition coefficient (Wildman–Crippen LogP) is 2.16. The summed E-state index contributed by atoms with van der Waals surface area (Å²) in [5, 5.41) is 3.18. The molecule has 0 amide bonds. The molecule has 6 heteroatoms. The number of benzene rings is 1. The van der Waals surface area contributed by atoms with Crippen molar-refractivity contribution in [3.63, 3.8) is 0 Å². The zero-order valence-electron chi connectivity index (χ0n) is 11.1. The predicted molar refractivity (Wildman–Crippen MR) is 78.4 cm³/mol. The van der Waals surface area contributed by atoms with Crippen molar-refractivity contribution < 1.29 is 8.42 Å². The van der Waals surface area contributed by atoms with E-state index in [2.05, 4.69) is 15.0 Å². The molecule has 1 aromatic heterocycles. The van der Waals surface area contributed by atoms with E-state index in [9.17, 15) is 8.42 Å². The Morgan fingerprint density at radius 1 is 1.25 bits per heavy atom. The van der Waals surface area contributed by atoms with Crippen molar-refractivity contribution >= 4 is 21.4 Å². The largest absolute Gasteiger partial charge is 0.384 e. The molecular formula is C14H15N3O2S. The second-order valence-corrected chi connectivity index (χ2v) is 6.53. The fourth-order valence-corrected chi connectivity index (χ4v) is 3.32. The van der Waals surface area contributed by atoms with E-state index in [4.69, 9.17) is 0 Å². The maximum absolute atomic E-state index is 12.3.